The maximum absolute atomic E-state index is 13.8. The molecule has 2 heterocycles. The number of aromatic nitrogens is 2. The Labute approximate surface area is 145 Å². The van der Waals surface area contributed by atoms with E-state index >= 15 is 0 Å². The Bertz CT molecular complexity index is 733. The number of nitrogens with one attached hydrogen (secondary N) is 1. The molecular weight excluding hydrogens is 323 g/mol. The van der Waals surface area contributed by atoms with Gasteiger partial charge >= 0.3 is 0 Å². The highest BCUT2D eigenvalue weighted by Gasteiger charge is 2.23. The highest BCUT2D eigenvalue weighted by atomic mass is 19.1. The lowest BCUT2D eigenvalue weighted by atomic mass is 10.0. The normalized spacial score (nSPS) is 16.5. The molecule has 1 aliphatic heterocycles. The van der Waals surface area contributed by atoms with Crippen molar-refractivity contribution < 1.29 is 14.3 Å². The lowest BCUT2D eigenvalue weighted by Gasteiger charge is -2.34. The summed E-state index contributed by atoms with van der Waals surface area (Å²) in [4.78, 5) is 22.3. The molecule has 0 bridgehead atoms. The van der Waals surface area contributed by atoms with E-state index in [-0.39, 0.29) is 23.5 Å². The zero-order valence-electron chi connectivity index (χ0n) is 14.0. The van der Waals surface area contributed by atoms with Gasteiger partial charge in [-0.05, 0) is 38.0 Å². The van der Waals surface area contributed by atoms with Gasteiger partial charge in [-0.25, -0.2) is 9.37 Å². The summed E-state index contributed by atoms with van der Waals surface area (Å²) in [6, 6.07) is 4.20. The molecule has 0 radical (unpaired) electrons. The predicted octanol–water partition coefficient (Wildman–Crippen LogP) is 2.07. The maximum atomic E-state index is 13.8. The number of hydrogen-bond acceptors (Lipinski definition) is 5. The summed E-state index contributed by atoms with van der Waals surface area (Å²) in [7, 11) is 0. The molecule has 1 atom stereocenters. The van der Waals surface area contributed by atoms with E-state index in [9.17, 15) is 14.3 Å². The zero-order chi connectivity index (χ0) is 17.8. The molecule has 2 aromatic rings. The minimum atomic E-state index is -0.396. The van der Waals surface area contributed by atoms with Crippen molar-refractivity contribution in [3.63, 3.8) is 0 Å². The van der Waals surface area contributed by atoms with Crippen molar-refractivity contribution in [1.29, 1.82) is 0 Å². The number of aliphatic hydroxyl groups excluding tert-OH is 1. The highest BCUT2D eigenvalue weighted by molar-refractivity contribution is 5.92. The summed E-state index contributed by atoms with van der Waals surface area (Å²) >= 11 is 0. The average molecular weight is 344 g/mol. The first kappa shape index (κ1) is 17.3. The maximum Gasteiger partial charge on any atom is 0.271 e. The molecule has 1 unspecified atom stereocenters. The summed E-state index contributed by atoms with van der Waals surface area (Å²) in [6.45, 7) is 3.21. The van der Waals surface area contributed by atoms with Gasteiger partial charge in [0.15, 0.2) is 0 Å². The second-order valence-corrected chi connectivity index (χ2v) is 6.21. The van der Waals surface area contributed by atoms with Gasteiger partial charge in [0, 0.05) is 36.7 Å². The molecule has 1 saturated heterocycles. The summed E-state index contributed by atoms with van der Waals surface area (Å²) in [6.07, 6.45) is 5.41. The first-order valence-electron chi connectivity index (χ1n) is 8.34. The van der Waals surface area contributed by atoms with Crippen LogP contribution in [0.5, 0.6) is 0 Å². The van der Waals surface area contributed by atoms with Crippen LogP contribution in [0.25, 0.3) is 0 Å². The molecule has 1 aliphatic rings. The fraction of sp³-hybridized carbons (Fsp3) is 0.389. The second-order valence-electron chi connectivity index (χ2n) is 6.21. The second kappa shape index (κ2) is 7.57. The summed E-state index contributed by atoms with van der Waals surface area (Å²) < 4.78 is 13.8. The number of aliphatic hydroxyl groups is 1. The Hall–Kier alpha value is -2.54. The van der Waals surface area contributed by atoms with Gasteiger partial charge in [-0.1, -0.05) is 0 Å². The van der Waals surface area contributed by atoms with Gasteiger partial charge < -0.3 is 15.3 Å². The molecule has 0 aliphatic carbocycles. The van der Waals surface area contributed by atoms with Gasteiger partial charge in [-0.2, -0.15) is 0 Å². The van der Waals surface area contributed by atoms with Gasteiger partial charge in [0.2, 0.25) is 0 Å². The first-order chi connectivity index (χ1) is 12.0. The lowest BCUT2D eigenvalue weighted by molar-refractivity contribution is 0.0934. The SMILES string of the molecule is CC(NC(=O)c1cnccn1)c1cc(F)ccc1N1CCC(O)CC1. The van der Waals surface area contributed by atoms with E-state index in [2.05, 4.69) is 20.2 Å². The van der Waals surface area contributed by atoms with Crippen LogP contribution >= 0.6 is 0 Å². The average Bonchev–Trinajstić information content (AvgIpc) is 2.63. The van der Waals surface area contributed by atoms with E-state index < -0.39 is 6.04 Å². The lowest BCUT2D eigenvalue weighted by Crippen LogP contribution is -2.37. The molecule has 7 heteroatoms. The monoisotopic (exact) mass is 344 g/mol. The van der Waals surface area contributed by atoms with Crippen molar-refractivity contribution in [3.05, 3.63) is 53.9 Å². The molecule has 6 nitrogen and oxygen atoms in total. The predicted molar refractivity (Wildman–Crippen MR) is 91.8 cm³/mol. The number of nitrogens with zero attached hydrogens (tertiary/aromatic N) is 3. The number of amides is 1. The molecule has 1 aromatic heterocycles. The standard InChI is InChI=1S/C18H21FN4O2/c1-12(22-18(25)16-11-20-6-7-21-16)15-10-13(19)2-3-17(15)23-8-4-14(24)5-9-23/h2-3,6-7,10-12,14,24H,4-5,8-9H2,1H3,(H,22,25). The Kier molecular flexibility index (Phi) is 5.23. The highest BCUT2D eigenvalue weighted by Crippen LogP contribution is 2.29. The topological polar surface area (TPSA) is 78.4 Å². The number of anilines is 1. The van der Waals surface area contributed by atoms with Crippen molar-refractivity contribution in [1.82, 2.24) is 15.3 Å². The van der Waals surface area contributed by atoms with E-state index in [0.717, 1.165) is 5.69 Å². The van der Waals surface area contributed by atoms with Crippen LogP contribution in [0.1, 0.15) is 41.9 Å². The third-order valence-electron chi connectivity index (χ3n) is 4.40. The first-order valence-corrected chi connectivity index (χ1v) is 8.34. The van der Waals surface area contributed by atoms with E-state index in [4.69, 9.17) is 0 Å². The van der Waals surface area contributed by atoms with Gasteiger partial charge in [-0.15, -0.1) is 0 Å². The van der Waals surface area contributed by atoms with Crippen molar-refractivity contribution in [2.45, 2.75) is 31.9 Å². The molecule has 1 aromatic carbocycles. The number of hydrogen-bond donors (Lipinski definition) is 2. The Morgan fingerprint density at radius 3 is 2.80 bits per heavy atom. The molecule has 25 heavy (non-hydrogen) atoms. The van der Waals surface area contributed by atoms with Crippen LogP contribution in [-0.2, 0) is 0 Å². The van der Waals surface area contributed by atoms with Gasteiger partial charge in [0.1, 0.15) is 11.5 Å². The number of halogens is 1. The van der Waals surface area contributed by atoms with Crippen LogP contribution in [0.15, 0.2) is 36.8 Å². The summed E-state index contributed by atoms with van der Waals surface area (Å²) in [5, 5.41) is 12.5. The van der Waals surface area contributed by atoms with Crippen molar-refractivity contribution in [3.8, 4) is 0 Å². The van der Waals surface area contributed by atoms with Crippen LogP contribution in [-0.4, -0.2) is 40.2 Å². The van der Waals surface area contributed by atoms with Gasteiger partial charge in [0.25, 0.3) is 5.91 Å². The molecule has 0 spiro atoms. The minimum absolute atomic E-state index is 0.216. The van der Waals surface area contributed by atoms with Crippen LogP contribution in [0.2, 0.25) is 0 Å². The number of piperidine rings is 1. The molecular formula is C18H21FN4O2. The number of carbonyl (C=O) groups excluding carboxylic acids is 1. The molecule has 1 fully saturated rings. The third-order valence-corrected chi connectivity index (χ3v) is 4.40. The molecule has 0 saturated carbocycles. The van der Waals surface area contributed by atoms with E-state index in [1.54, 1.807) is 6.07 Å². The van der Waals surface area contributed by atoms with E-state index in [0.29, 0.717) is 31.5 Å². The fourth-order valence-corrected chi connectivity index (χ4v) is 3.03. The Balaban J connectivity index is 1.80. The minimum Gasteiger partial charge on any atom is -0.393 e. The summed E-state index contributed by atoms with van der Waals surface area (Å²) in [5.41, 5.74) is 1.79. The Morgan fingerprint density at radius 1 is 1.36 bits per heavy atom. The van der Waals surface area contributed by atoms with E-state index in [1.165, 1.54) is 30.7 Å². The van der Waals surface area contributed by atoms with Crippen LogP contribution in [0, 0.1) is 5.82 Å². The quantitative estimate of drug-likeness (QED) is 0.888. The van der Waals surface area contributed by atoms with E-state index in [1.807, 2.05) is 6.92 Å². The van der Waals surface area contributed by atoms with Gasteiger partial charge in [0.05, 0.1) is 18.3 Å². The molecule has 3 rings (SSSR count). The molecule has 2 N–H and O–H groups in total. The van der Waals surface area contributed by atoms with Crippen molar-refractivity contribution >= 4 is 11.6 Å². The zero-order valence-corrected chi connectivity index (χ0v) is 14.0. The molecule has 1 amide bonds. The van der Waals surface area contributed by atoms with Crippen molar-refractivity contribution in [2.24, 2.45) is 0 Å². The van der Waals surface area contributed by atoms with Crippen molar-refractivity contribution in [2.75, 3.05) is 18.0 Å². The largest absolute Gasteiger partial charge is 0.393 e. The number of carbonyl (C=O) groups is 1. The smallest absolute Gasteiger partial charge is 0.271 e. The number of rotatable bonds is 4. The summed E-state index contributed by atoms with van der Waals surface area (Å²) in [5.74, 6) is -0.707. The van der Waals surface area contributed by atoms with Crippen LogP contribution in [0.4, 0.5) is 10.1 Å². The third kappa shape index (κ3) is 4.11. The number of benzene rings is 1. The molecule has 132 valence electrons. The van der Waals surface area contributed by atoms with Crippen LogP contribution < -0.4 is 10.2 Å². The van der Waals surface area contributed by atoms with Gasteiger partial charge in [-0.3, -0.25) is 9.78 Å². The van der Waals surface area contributed by atoms with Crippen LogP contribution in [0.3, 0.4) is 0 Å². The Morgan fingerprint density at radius 2 is 2.12 bits per heavy atom. The fourth-order valence-electron chi connectivity index (χ4n) is 3.03.